The number of ether oxygens (including phenoxy) is 3. The van der Waals surface area contributed by atoms with Crippen molar-refractivity contribution in [3.8, 4) is 0 Å². The molecule has 0 bridgehead atoms. The van der Waals surface area contributed by atoms with Crippen LogP contribution in [0.5, 0.6) is 0 Å². The van der Waals surface area contributed by atoms with Gasteiger partial charge in [-0.25, -0.2) is 0 Å². The van der Waals surface area contributed by atoms with Gasteiger partial charge in [0.25, 0.3) is 0 Å². The van der Waals surface area contributed by atoms with Crippen LogP contribution in [0.2, 0.25) is 0 Å². The van der Waals surface area contributed by atoms with Crippen LogP contribution >= 0.6 is 0 Å². The molecular weight excluding hydrogens is 356 g/mol. The molecule has 0 saturated carbocycles. The van der Waals surface area contributed by atoms with Crippen molar-refractivity contribution < 1.29 is 23.8 Å². The zero-order chi connectivity index (χ0) is 20.7. The molecule has 0 unspecified atom stereocenters. The summed E-state index contributed by atoms with van der Waals surface area (Å²) in [5.41, 5.74) is 0. The molecule has 0 aromatic heterocycles. The van der Waals surface area contributed by atoms with Crippen molar-refractivity contribution >= 4 is 11.9 Å². The van der Waals surface area contributed by atoms with Gasteiger partial charge in [0.05, 0.1) is 13.2 Å². The maximum Gasteiger partial charge on any atom is 0.305 e. The monoisotopic (exact) mass is 400 g/mol. The SMILES string of the molecule is CCCCCCCCCCCCCCOC(=O)CCCC(=O)OCCOCC. The Hall–Kier alpha value is -1.10. The quantitative estimate of drug-likeness (QED) is 0.175. The van der Waals surface area contributed by atoms with Crippen molar-refractivity contribution in [2.24, 2.45) is 0 Å². The third-order valence-corrected chi connectivity index (χ3v) is 4.72. The van der Waals surface area contributed by atoms with E-state index in [0.29, 0.717) is 26.2 Å². The van der Waals surface area contributed by atoms with E-state index in [4.69, 9.17) is 14.2 Å². The first kappa shape index (κ1) is 26.9. The summed E-state index contributed by atoms with van der Waals surface area (Å²) >= 11 is 0. The Labute approximate surface area is 172 Å². The average Bonchev–Trinajstić information content (AvgIpc) is 2.69. The molecule has 0 aliphatic rings. The Morgan fingerprint density at radius 1 is 0.536 bits per heavy atom. The summed E-state index contributed by atoms with van der Waals surface area (Å²) in [5.74, 6) is -0.501. The average molecular weight is 401 g/mol. The molecule has 0 aliphatic heterocycles. The zero-order valence-electron chi connectivity index (χ0n) is 18.5. The maximum absolute atomic E-state index is 11.6. The van der Waals surface area contributed by atoms with Crippen LogP contribution in [0, 0.1) is 0 Å². The van der Waals surface area contributed by atoms with Gasteiger partial charge in [-0.3, -0.25) is 9.59 Å². The number of unbranched alkanes of at least 4 members (excludes halogenated alkanes) is 11. The molecule has 0 N–H and O–H groups in total. The highest BCUT2D eigenvalue weighted by Gasteiger charge is 2.07. The molecule has 0 atom stereocenters. The summed E-state index contributed by atoms with van der Waals surface area (Å²) in [4.78, 5) is 23.1. The van der Waals surface area contributed by atoms with Crippen LogP contribution in [0.4, 0.5) is 0 Å². The highest BCUT2D eigenvalue weighted by molar-refractivity contribution is 5.72. The van der Waals surface area contributed by atoms with E-state index in [2.05, 4.69) is 6.92 Å². The largest absolute Gasteiger partial charge is 0.466 e. The minimum atomic E-state index is -0.284. The van der Waals surface area contributed by atoms with Crippen LogP contribution in [0.3, 0.4) is 0 Å². The minimum Gasteiger partial charge on any atom is -0.466 e. The highest BCUT2D eigenvalue weighted by atomic mass is 16.6. The van der Waals surface area contributed by atoms with Crippen LogP contribution in [-0.2, 0) is 23.8 Å². The Morgan fingerprint density at radius 3 is 1.50 bits per heavy atom. The third-order valence-electron chi connectivity index (χ3n) is 4.72. The van der Waals surface area contributed by atoms with Gasteiger partial charge in [0.1, 0.15) is 6.61 Å². The molecule has 0 rings (SSSR count). The Bertz CT molecular complexity index is 357. The lowest BCUT2D eigenvalue weighted by Gasteiger charge is -2.06. The van der Waals surface area contributed by atoms with E-state index >= 15 is 0 Å². The van der Waals surface area contributed by atoms with E-state index < -0.39 is 0 Å². The summed E-state index contributed by atoms with van der Waals surface area (Å²) in [6.45, 7) is 5.95. The van der Waals surface area contributed by atoms with Gasteiger partial charge >= 0.3 is 11.9 Å². The van der Waals surface area contributed by atoms with Crippen molar-refractivity contribution in [1.82, 2.24) is 0 Å². The number of carbonyl (C=O) groups is 2. The van der Waals surface area contributed by atoms with Gasteiger partial charge in [-0.1, -0.05) is 77.6 Å². The van der Waals surface area contributed by atoms with Crippen molar-refractivity contribution in [1.29, 1.82) is 0 Å². The first-order chi connectivity index (χ1) is 13.7. The molecule has 0 aromatic rings. The highest BCUT2D eigenvalue weighted by Crippen LogP contribution is 2.12. The minimum absolute atomic E-state index is 0.217. The fraction of sp³-hybridized carbons (Fsp3) is 0.913. The van der Waals surface area contributed by atoms with Gasteiger partial charge < -0.3 is 14.2 Å². The number of rotatable bonds is 21. The fourth-order valence-corrected chi connectivity index (χ4v) is 3.01. The molecule has 0 fully saturated rings. The van der Waals surface area contributed by atoms with Crippen LogP contribution in [0.15, 0.2) is 0 Å². The van der Waals surface area contributed by atoms with Crippen LogP contribution in [-0.4, -0.2) is 38.4 Å². The Balaban J connectivity index is 3.25. The number of esters is 2. The zero-order valence-corrected chi connectivity index (χ0v) is 18.5. The molecule has 28 heavy (non-hydrogen) atoms. The van der Waals surface area contributed by atoms with Gasteiger partial charge in [-0.2, -0.15) is 0 Å². The molecule has 0 radical (unpaired) electrons. The van der Waals surface area contributed by atoms with Crippen molar-refractivity contribution in [3.05, 3.63) is 0 Å². The third kappa shape index (κ3) is 21.2. The predicted octanol–water partition coefficient (Wildman–Crippen LogP) is 5.98. The van der Waals surface area contributed by atoms with Crippen LogP contribution in [0.25, 0.3) is 0 Å². The molecular formula is C23H44O5. The van der Waals surface area contributed by atoms with Gasteiger partial charge in [-0.05, 0) is 19.8 Å². The molecule has 0 aliphatic carbocycles. The molecule has 0 amide bonds. The summed E-state index contributed by atoms with van der Waals surface area (Å²) < 4.78 is 15.3. The van der Waals surface area contributed by atoms with E-state index in [9.17, 15) is 9.59 Å². The van der Waals surface area contributed by atoms with E-state index in [1.807, 2.05) is 6.92 Å². The van der Waals surface area contributed by atoms with Crippen molar-refractivity contribution in [3.63, 3.8) is 0 Å². The number of hydrogen-bond donors (Lipinski definition) is 0. The van der Waals surface area contributed by atoms with Gasteiger partial charge in [-0.15, -0.1) is 0 Å². The van der Waals surface area contributed by atoms with Crippen LogP contribution in [0.1, 0.15) is 110 Å². The Kier molecular flexibility index (Phi) is 21.3. The molecule has 0 saturated heterocycles. The number of hydrogen-bond acceptors (Lipinski definition) is 5. The lowest BCUT2D eigenvalue weighted by molar-refractivity contribution is -0.146. The summed E-state index contributed by atoms with van der Waals surface area (Å²) in [5, 5.41) is 0. The van der Waals surface area contributed by atoms with E-state index in [1.165, 1.54) is 64.2 Å². The van der Waals surface area contributed by atoms with Crippen molar-refractivity contribution in [2.75, 3.05) is 26.4 Å². The molecule has 0 heterocycles. The summed E-state index contributed by atoms with van der Waals surface area (Å²) in [6.07, 6.45) is 16.5. The van der Waals surface area contributed by atoms with E-state index in [0.717, 1.165) is 12.8 Å². The standard InChI is InChI=1S/C23H44O5/c1-3-5-6-7-8-9-10-11-12-13-14-15-19-27-22(24)17-16-18-23(25)28-21-20-26-4-2/h3-21H2,1-2H3. The predicted molar refractivity (Wildman–Crippen MR) is 113 cm³/mol. The molecule has 0 spiro atoms. The number of carbonyl (C=O) groups excluding carboxylic acids is 2. The van der Waals surface area contributed by atoms with Gasteiger partial charge in [0.15, 0.2) is 0 Å². The molecule has 5 heteroatoms. The van der Waals surface area contributed by atoms with E-state index in [1.54, 1.807) is 0 Å². The molecule has 166 valence electrons. The van der Waals surface area contributed by atoms with Gasteiger partial charge in [0.2, 0.25) is 0 Å². The first-order valence-corrected chi connectivity index (χ1v) is 11.6. The van der Waals surface area contributed by atoms with Crippen molar-refractivity contribution in [2.45, 2.75) is 110 Å². The maximum atomic E-state index is 11.6. The smallest absolute Gasteiger partial charge is 0.305 e. The molecule has 5 nitrogen and oxygen atoms in total. The summed E-state index contributed by atoms with van der Waals surface area (Å²) in [6, 6.07) is 0. The second kappa shape index (κ2) is 22.2. The fourth-order valence-electron chi connectivity index (χ4n) is 3.01. The van der Waals surface area contributed by atoms with Crippen LogP contribution < -0.4 is 0 Å². The normalized spacial score (nSPS) is 10.8. The molecule has 0 aromatic carbocycles. The first-order valence-electron chi connectivity index (χ1n) is 11.6. The Morgan fingerprint density at radius 2 is 1.00 bits per heavy atom. The topological polar surface area (TPSA) is 61.8 Å². The lowest BCUT2D eigenvalue weighted by atomic mass is 10.1. The van der Waals surface area contributed by atoms with E-state index in [-0.39, 0.29) is 31.4 Å². The lowest BCUT2D eigenvalue weighted by Crippen LogP contribution is -2.11. The van der Waals surface area contributed by atoms with Gasteiger partial charge in [0, 0.05) is 19.4 Å². The summed E-state index contributed by atoms with van der Waals surface area (Å²) in [7, 11) is 0. The second-order valence-electron chi connectivity index (χ2n) is 7.38. The second-order valence-corrected chi connectivity index (χ2v) is 7.38.